The van der Waals surface area contributed by atoms with E-state index in [2.05, 4.69) is 19.9 Å². The molecule has 1 fully saturated rings. The van der Waals surface area contributed by atoms with Crippen molar-refractivity contribution >= 4 is 32.2 Å². The van der Waals surface area contributed by atoms with Crippen LogP contribution in [0.4, 0.5) is 24.0 Å². The molecule has 1 aliphatic rings. The number of sulfonamides is 1. The molecule has 0 aliphatic carbocycles. The molecular formula is C13H16F3N5O2S2. The molecule has 1 atom stereocenters. The summed E-state index contributed by atoms with van der Waals surface area (Å²) in [6.45, 7) is 1.04. The van der Waals surface area contributed by atoms with Crippen LogP contribution in [0, 0.1) is 0 Å². The van der Waals surface area contributed by atoms with Gasteiger partial charge in [-0.05, 0) is 12.8 Å². The highest BCUT2D eigenvalue weighted by Gasteiger charge is 2.35. The smallest absolute Gasteiger partial charge is 0.347 e. The predicted molar refractivity (Wildman–Crippen MR) is 88.4 cm³/mol. The number of rotatable bonds is 4. The van der Waals surface area contributed by atoms with Crippen LogP contribution in [-0.2, 0) is 16.2 Å². The van der Waals surface area contributed by atoms with Gasteiger partial charge in [-0.15, -0.1) is 11.3 Å². The van der Waals surface area contributed by atoms with Gasteiger partial charge >= 0.3 is 6.18 Å². The van der Waals surface area contributed by atoms with Gasteiger partial charge in [0.1, 0.15) is 0 Å². The summed E-state index contributed by atoms with van der Waals surface area (Å²) < 4.78 is 63.5. The van der Waals surface area contributed by atoms with Crippen LogP contribution in [0.2, 0.25) is 0 Å². The lowest BCUT2D eigenvalue weighted by atomic mass is 9.94. The van der Waals surface area contributed by atoms with Crippen molar-refractivity contribution in [2.45, 2.75) is 24.9 Å². The van der Waals surface area contributed by atoms with Crippen LogP contribution in [0.3, 0.4) is 0 Å². The molecule has 3 heterocycles. The van der Waals surface area contributed by atoms with Crippen molar-refractivity contribution in [2.24, 2.45) is 0 Å². The summed E-state index contributed by atoms with van der Waals surface area (Å²) in [5.74, 6) is -0.0845. The zero-order chi connectivity index (χ0) is 18.2. The fourth-order valence-corrected chi connectivity index (χ4v) is 4.25. The number of piperidine rings is 1. The average Bonchev–Trinajstić information content (AvgIpc) is 3.14. The van der Waals surface area contributed by atoms with Crippen molar-refractivity contribution in [3.8, 4) is 0 Å². The Kier molecular flexibility index (Phi) is 4.66. The minimum Gasteiger partial charge on any atom is -0.347 e. The van der Waals surface area contributed by atoms with Crippen LogP contribution in [0.5, 0.6) is 0 Å². The number of anilines is 2. The van der Waals surface area contributed by atoms with Crippen LogP contribution in [-0.4, -0.2) is 42.9 Å². The number of hydrogen-bond donors (Lipinski definition) is 2. The topological polar surface area (TPSA) is 91.0 Å². The van der Waals surface area contributed by atoms with Gasteiger partial charge in [0, 0.05) is 24.4 Å². The molecule has 25 heavy (non-hydrogen) atoms. The summed E-state index contributed by atoms with van der Waals surface area (Å²) in [6.07, 6.45) is -0.497. The Labute approximate surface area is 146 Å². The summed E-state index contributed by atoms with van der Waals surface area (Å²) >= 11 is 0.954. The zero-order valence-electron chi connectivity index (χ0n) is 13.2. The first-order valence-electron chi connectivity index (χ1n) is 7.42. The van der Waals surface area contributed by atoms with Crippen molar-refractivity contribution in [3.63, 3.8) is 0 Å². The third kappa shape index (κ3) is 4.24. The summed E-state index contributed by atoms with van der Waals surface area (Å²) in [5.41, 5.74) is 0.0998. The third-order valence-electron chi connectivity index (χ3n) is 3.85. The number of aromatic amines is 1. The van der Waals surface area contributed by atoms with E-state index in [-0.39, 0.29) is 5.92 Å². The van der Waals surface area contributed by atoms with Crippen molar-refractivity contribution < 1.29 is 21.6 Å². The van der Waals surface area contributed by atoms with Crippen LogP contribution in [0.1, 0.15) is 30.1 Å². The molecule has 0 unspecified atom stereocenters. The highest BCUT2D eigenvalue weighted by atomic mass is 32.2. The number of aromatic nitrogens is 3. The number of alkyl halides is 3. The van der Waals surface area contributed by atoms with Crippen molar-refractivity contribution in [1.29, 1.82) is 0 Å². The Morgan fingerprint density at radius 2 is 2.20 bits per heavy atom. The molecular weight excluding hydrogens is 379 g/mol. The summed E-state index contributed by atoms with van der Waals surface area (Å²) in [4.78, 5) is 5.48. The van der Waals surface area contributed by atoms with E-state index in [1.807, 2.05) is 0 Å². The van der Waals surface area contributed by atoms with Crippen molar-refractivity contribution in [2.75, 3.05) is 29.0 Å². The van der Waals surface area contributed by atoms with Crippen LogP contribution < -0.4 is 9.62 Å². The van der Waals surface area contributed by atoms with Gasteiger partial charge in [-0.2, -0.15) is 18.3 Å². The zero-order valence-corrected chi connectivity index (χ0v) is 14.8. The Bertz CT molecular complexity index is 846. The minimum atomic E-state index is -4.46. The fourth-order valence-electron chi connectivity index (χ4n) is 2.81. The minimum absolute atomic E-state index is 0.0845. The number of nitrogens with one attached hydrogen (secondary N) is 2. The lowest BCUT2D eigenvalue weighted by Gasteiger charge is -2.32. The molecule has 2 N–H and O–H groups in total. The van der Waals surface area contributed by atoms with Crippen LogP contribution in [0.25, 0.3) is 0 Å². The number of halogens is 3. The number of H-pyrrole nitrogens is 1. The van der Waals surface area contributed by atoms with Crippen molar-refractivity contribution in [1.82, 2.24) is 15.2 Å². The summed E-state index contributed by atoms with van der Waals surface area (Å²) in [7, 11) is -3.45. The van der Waals surface area contributed by atoms with Gasteiger partial charge in [-0.3, -0.25) is 9.82 Å². The van der Waals surface area contributed by atoms with Gasteiger partial charge in [0.15, 0.2) is 10.8 Å². The molecule has 0 radical (unpaired) electrons. The van der Waals surface area contributed by atoms with E-state index in [4.69, 9.17) is 0 Å². The highest BCUT2D eigenvalue weighted by Crippen LogP contribution is 2.36. The molecule has 7 nitrogen and oxygen atoms in total. The quantitative estimate of drug-likeness (QED) is 0.831. The molecule has 3 rings (SSSR count). The molecule has 0 amide bonds. The van der Waals surface area contributed by atoms with Gasteiger partial charge in [-0.1, -0.05) is 0 Å². The maximum atomic E-state index is 12.7. The molecule has 1 saturated heterocycles. The first kappa shape index (κ1) is 18.0. The second-order valence-corrected chi connectivity index (χ2v) is 8.45. The van der Waals surface area contributed by atoms with Gasteiger partial charge in [0.05, 0.1) is 23.8 Å². The monoisotopic (exact) mass is 395 g/mol. The Morgan fingerprint density at radius 3 is 2.84 bits per heavy atom. The van der Waals surface area contributed by atoms with E-state index in [1.54, 1.807) is 4.90 Å². The number of nitrogens with zero attached hydrogens (tertiary/aromatic N) is 3. The molecule has 2 aromatic rings. The SMILES string of the molecule is CS(=O)(=O)Nc1cn[nH]c1[C@H]1CCCN(c2nc(C(F)(F)F)cs2)C1. The lowest BCUT2D eigenvalue weighted by Crippen LogP contribution is -2.34. The number of thiazole rings is 1. The Morgan fingerprint density at radius 1 is 1.44 bits per heavy atom. The fraction of sp³-hybridized carbons (Fsp3) is 0.538. The first-order chi connectivity index (χ1) is 11.6. The second-order valence-electron chi connectivity index (χ2n) is 5.87. The highest BCUT2D eigenvalue weighted by molar-refractivity contribution is 7.92. The average molecular weight is 395 g/mol. The van der Waals surface area contributed by atoms with Crippen LogP contribution in [0.15, 0.2) is 11.6 Å². The molecule has 12 heteroatoms. The molecule has 0 aromatic carbocycles. The number of hydrogen-bond acceptors (Lipinski definition) is 6. The molecule has 0 saturated carbocycles. The van der Waals surface area contributed by atoms with E-state index in [0.717, 1.165) is 35.8 Å². The third-order valence-corrected chi connectivity index (χ3v) is 5.34. The van der Waals surface area contributed by atoms with Crippen molar-refractivity contribution in [3.05, 3.63) is 23.0 Å². The summed E-state index contributed by atoms with van der Waals surface area (Å²) in [6, 6.07) is 0. The molecule has 2 aromatic heterocycles. The summed E-state index contributed by atoms with van der Waals surface area (Å²) in [5, 5.41) is 8.00. The van der Waals surface area contributed by atoms with Gasteiger partial charge in [0.2, 0.25) is 10.0 Å². The molecule has 0 spiro atoms. The van der Waals surface area contributed by atoms with Crippen LogP contribution >= 0.6 is 11.3 Å². The van der Waals surface area contributed by atoms with E-state index in [9.17, 15) is 21.6 Å². The largest absolute Gasteiger partial charge is 0.434 e. The Balaban J connectivity index is 1.78. The van der Waals surface area contributed by atoms with E-state index >= 15 is 0 Å². The second kappa shape index (κ2) is 6.48. The van der Waals surface area contributed by atoms with Gasteiger partial charge < -0.3 is 4.90 Å². The lowest BCUT2D eigenvalue weighted by molar-refractivity contribution is -0.140. The maximum absolute atomic E-state index is 12.7. The van der Waals surface area contributed by atoms with E-state index < -0.39 is 21.9 Å². The van der Waals surface area contributed by atoms with E-state index in [0.29, 0.717) is 29.6 Å². The normalized spacial score (nSPS) is 19.2. The van der Waals surface area contributed by atoms with E-state index in [1.165, 1.54) is 6.20 Å². The first-order valence-corrected chi connectivity index (χ1v) is 10.2. The van der Waals surface area contributed by atoms with Gasteiger partial charge in [-0.25, -0.2) is 13.4 Å². The molecule has 138 valence electrons. The molecule has 0 bridgehead atoms. The standard InChI is InChI=1S/C13H16F3N5O2S2/c1-25(22,23)20-9-5-17-19-11(9)8-3-2-4-21(6-8)12-18-10(7-24-12)13(14,15)16/h5,7-8,20H,2-4,6H2,1H3,(H,17,19)/t8-/m0/s1. The molecule has 1 aliphatic heterocycles. The van der Waals surface area contributed by atoms with Gasteiger partial charge in [0.25, 0.3) is 0 Å². The predicted octanol–water partition coefficient (Wildman–Crippen LogP) is 2.64. The maximum Gasteiger partial charge on any atom is 0.434 e. The Hall–Kier alpha value is -1.82.